The van der Waals surface area contributed by atoms with Crippen molar-refractivity contribution in [1.29, 1.82) is 0 Å². The summed E-state index contributed by atoms with van der Waals surface area (Å²) >= 11 is 0.938. The molecule has 0 radical (unpaired) electrons. The van der Waals surface area contributed by atoms with E-state index in [1.165, 1.54) is 0 Å². The Labute approximate surface area is 45.2 Å². The van der Waals surface area contributed by atoms with Gasteiger partial charge in [-0.3, -0.25) is 5.14 Å². The van der Waals surface area contributed by atoms with Crippen LogP contribution in [0, 0.1) is 0 Å². The fourth-order valence-electron chi connectivity index (χ4n) is 0.103. The Morgan fingerprint density at radius 3 is 2.71 bits per heavy atom. The number of amides is 1. The minimum Gasteiger partial charge on any atom is -0.465 e. The summed E-state index contributed by atoms with van der Waals surface area (Å²) in [6.07, 6.45) is -1.04. The van der Waals surface area contributed by atoms with E-state index in [9.17, 15) is 4.79 Å². The van der Waals surface area contributed by atoms with Gasteiger partial charge in [0.1, 0.15) is 0 Å². The fraction of sp³-hybridized carbons (Fsp3) is 0.500. The smallest absolute Gasteiger partial charge is 0.405 e. The molecule has 0 atom stereocenters. The molecule has 0 bridgehead atoms. The summed E-state index contributed by atoms with van der Waals surface area (Å²) in [5.41, 5.74) is 0. The molecule has 0 unspecified atom stereocenters. The zero-order valence-electron chi connectivity index (χ0n) is 3.55. The second-order valence-corrected chi connectivity index (χ2v) is 1.41. The third kappa shape index (κ3) is 5.58. The van der Waals surface area contributed by atoms with Crippen molar-refractivity contribution in [2.24, 2.45) is 5.14 Å². The molecule has 42 valence electrons. The Bertz CT molecular complexity index is 66.7. The van der Waals surface area contributed by atoms with Crippen LogP contribution < -0.4 is 10.5 Å². The third-order valence-electron chi connectivity index (χ3n) is 0.307. The van der Waals surface area contributed by atoms with Gasteiger partial charge in [0.25, 0.3) is 0 Å². The van der Waals surface area contributed by atoms with Gasteiger partial charge in [-0.2, -0.15) is 0 Å². The van der Waals surface area contributed by atoms with Gasteiger partial charge >= 0.3 is 6.09 Å². The van der Waals surface area contributed by atoms with Crippen molar-refractivity contribution < 1.29 is 9.90 Å². The zero-order chi connectivity index (χ0) is 5.70. The first-order valence-corrected chi connectivity index (χ1v) is 2.60. The normalized spacial score (nSPS) is 8.14. The second-order valence-electron chi connectivity index (χ2n) is 0.793. The highest BCUT2D eigenvalue weighted by atomic mass is 32.2. The van der Waals surface area contributed by atoms with Crippen molar-refractivity contribution in [3.05, 3.63) is 0 Å². The third-order valence-corrected chi connectivity index (χ3v) is 0.618. The number of nitrogens with one attached hydrogen (secondary N) is 1. The summed E-state index contributed by atoms with van der Waals surface area (Å²) in [5, 5.41) is 14.8. The molecule has 0 aliphatic heterocycles. The van der Waals surface area contributed by atoms with E-state index in [2.05, 4.69) is 0 Å². The molecule has 0 aromatic rings. The number of rotatable bonds is 2. The van der Waals surface area contributed by atoms with E-state index in [-0.39, 0.29) is 5.88 Å². The molecule has 0 rings (SSSR count). The van der Waals surface area contributed by atoms with Crippen molar-refractivity contribution in [2.45, 2.75) is 0 Å². The molecule has 0 saturated heterocycles. The topological polar surface area (TPSA) is 75.3 Å². The van der Waals surface area contributed by atoms with Crippen LogP contribution in [0.3, 0.4) is 0 Å². The Balaban J connectivity index is 2.82. The van der Waals surface area contributed by atoms with Gasteiger partial charge in [0.2, 0.25) is 0 Å². The van der Waals surface area contributed by atoms with Crippen LogP contribution in [-0.2, 0) is 0 Å². The molecule has 4 N–H and O–H groups in total. The maximum atomic E-state index is 9.58. The van der Waals surface area contributed by atoms with Crippen LogP contribution in [0.25, 0.3) is 0 Å². The van der Waals surface area contributed by atoms with E-state index >= 15 is 0 Å². The first kappa shape index (κ1) is 6.58. The molecule has 0 saturated carbocycles. The highest BCUT2D eigenvalue weighted by Gasteiger charge is 1.87. The summed E-state index contributed by atoms with van der Waals surface area (Å²) < 4.78 is 0. The number of hydrogen-bond acceptors (Lipinski definition) is 3. The highest BCUT2D eigenvalue weighted by Crippen LogP contribution is 1.76. The number of hydrogen-bond donors (Lipinski definition) is 3. The standard InChI is InChI=1S/C2H6N2O2S/c3-7-1-4-2(5)6/h4H,1,3H2,(H,5,6). The summed E-state index contributed by atoms with van der Waals surface area (Å²) in [5.74, 6) is 0.245. The molecular weight excluding hydrogens is 116 g/mol. The van der Waals surface area contributed by atoms with Crippen molar-refractivity contribution >= 4 is 18.0 Å². The van der Waals surface area contributed by atoms with E-state index in [1.54, 1.807) is 0 Å². The SMILES string of the molecule is NSCNC(=O)O. The molecule has 7 heavy (non-hydrogen) atoms. The highest BCUT2D eigenvalue weighted by molar-refractivity contribution is 7.97. The number of nitrogens with two attached hydrogens (primary N) is 1. The van der Waals surface area contributed by atoms with E-state index < -0.39 is 6.09 Å². The van der Waals surface area contributed by atoms with Gasteiger partial charge in [-0.1, -0.05) is 11.9 Å². The lowest BCUT2D eigenvalue weighted by Crippen LogP contribution is -2.20. The summed E-state index contributed by atoms with van der Waals surface area (Å²) in [6, 6.07) is 0. The van der Waals surface area contributed by atoms with E-state index in [1.807, 2.05) is 5.32 Å². The van der Waals surface area contributed by atoms with E-state index in [0.29, 0.717) is 0 Å². The minimum atomic E-state index is -1.04. The van der Waals surface area contributed by atoms with E-state index in [4.69, 9.17) is 10.2 Å². The van der Waals surface area contributed by atoms with Crippen molar-refractivity contribution in [3.63, 3.8) is 0 Å². The van der Waals surface area contributed by atoms with Crippen LogP contribution in [0.1, 0.15) is 0 Å². The Morgan fingerprint density at radius 2 is 2.57 bits per heavy atom. The van der Waals surface area contributed by atoms with Crippen molar-refractivity contribution in [3.8, 4) is 0 Å². The van der Waals surface area contributed by atoms with Gasteiger partial charge in [-0.15, -0.1) is 0 Å². The summed E-state index contributed by atoms with van der Waals surface area (Å²) in [7, 11) is 0. The molecule has 0 aliphatic rings. The zero-order valence-corrected chi connectivity index (χ0v) is 4.36. The quantitative estimate of drug-likeness (QED) is 0.351. The van der Waals surface area contributed by atoms with Gasteiger partial charge in [-0.25, -0.2) is 4.79 Å². The van der Waals surface area contributed by atoms with Crippen molar-refractivity contribution in [1.82, 2.24) is 5.32 Å². The van der Waals surface area contributed by atoms with Gasteiger partial charge in [0, 0.05) is 0 Å². The lowest BCUT2D eigenvalue weighted by molar-refractivity contribution is 0.196. The first-order valence-electron chi connectivity index (χ1n) is 1.56. The Kier molecular flexibility index (Phi) is 3.53. The molecule has 4 nitrogen and oxygen atoms in total. The van der Waals surface area contributed by atoms with Gasteiger partial charge < -0.3 is 10.4 Å². The fourth-order valence-corrected chi connectivity index (χ4v) is 0.310. The van der Waals surface area contributed by atoms with Crippen LogP contribution >= 0.6 is 11.9 Å². The first-order chi connectivity index (χ1) is 3.27. The monoisotopic (exact) mass is 122 g/mol. The molecule has 0 aromatic carbocycles. The average molecular weight is 122 g/mol. The van der Waals surface area contributed by atoms with Crippen LogP contribution in [0.2, 0.25) is 0 Å². The molecule has 0 heterocycles. The summed E-state index contributed by atoms with van der Waals surface area (Å²) in [4.78, 5) is 9.58. The molecule has 0 spiro atoms. The van der Waals surface area contributed by atoms with Gasteiger partial charge in [0.05, 0.1) is 5.88 Å². The maximum Gasteiger partial charge on any atom is 0.405 e. The minimum absolute atomic E-state index is 0.245. The van der Waals surface area contributed by atoms with Crippen LogP contribution in [0.5, 0.6) is 0 Å². The molecule has 0 aromatic heterocycles. The lowest BCUT2D eigenvalue weighted by atomic mass is 11.1. The van der Waals surface area contributed by atoms with Gasteiger partial charge in [-0.05, 0) is 0 Å². The molecule has 0 fully saturated rings. The van der Waals surface area contributed by atoms with Gasteiger partial charge in [0.15, 0.2) is 0 Å². The van der Waals surface area contributed by atoms with Crippen LogP contribution in [0.15, 0.2) is 0 Å². The van der Waals surface area contributed by atoms with E-state index in [0.717, 1.165) is 11.9 Å². The molecule has 0 aliphatic carbocycles. The lowest BCUT2D eigenvalue weighted by Gasteiger charge is -1.91. The average Bonchev–Trinajstić information content (AvgIpc) is 1.61. The predicted octanol–water partition coefficient (Wildman–Crippen LogP) is -0.182. The van der Waals surface area contributed by atoms with Crippen LogP contribution in [-0.4, -0.2) is 17.1 Å². The molecule has 5 heteroatoms. The maximum absolute atomic E-state index is 9.58. The molecule has 1 amide bonds. The molecular formula is C2H6N2O2S. The Hall–Kier alpha value is -0.420. The van der Waals surface area contributed by atoms with Crippen molar-refractivity contribution in [2.75, 3.05) is 5.88 Å². The number of carboxylic acid groups (broad SMARTS) is 1. The summed E-state index contributed by atoms with van der Waals surface area (Å²) in [6.45, 7) is 0. The Morgan fingerprint density at radius 1 is 2.00 bits per heavy atom. The predicted molar refractivity (Wildman–Crippen MR) is 27.8 cm³/mol. The number of carbonyl (C=O) groups is 1. The second kappa shape index (κ2) is 3.76. The largest absolute Gasteiger partial charge is 0.465 e. The van der Waals surface area contributed by atoms with Crippen LogP contribution in [0.4, 0.5) is 4.79 Å².